The van der Waals surface area contributed by atoms with Gasteiger partial charge in [0.1, 0.15) is 5.82 Å². The fourth-order valence-electron chi connectivity index (χ4n) is 2.64. The van der Waals surface area contributed by atoms with Gasteiger partial charge in [0.25, 0.3) is 0 Å². The molecule has 1 atom stereocenters. The third-order valence-electron chi connectivity index (χ3n) is 3.92. The van der Waals surface area contributed by atoms with Crippen molar-refractivity contribution in [3.05, 3.63) is 71.0 Å². The van der Waals surface area contributed by atoms with Crippen LogP contribution in [0, 0.1) is 5.82 Å². The zero-order valence-corrected chi connectivity index (χ0v) is 13.8. The van der Waals surface area contributed by atoms with E-state index in [1.165, 1.54) is 17.7 Å². The molecule has 0 bridgehead atoms. The number of carbonyl (C=O) groups is 1. The van der Waals surface area contributed by atoms with Gasteiger partial charge in [-0.15, -0.1) is 0 Å². The lowest BCUT2D eigenvalue weighted by molar-refractivity contribution is 0.101. The fourth-order valence-corrected chi connectivity index (χ4v) is 2.64. The predicted octanol–water partition coefficient (Wildman–Crippen LogP) is 4.18. The van der Waals surface area contributed by atoms with E-state index in [9.17, 15) is 9.18 Å². The molecule has 2 rings (SSSR count). The van der Waals surface area contributed by atoms with Crippen LogP contribution in [0.1, 0.15) is 41.8 Å². The highest BCUT2D eigenvalue weighted by molar-refractivity contribution is 5.94. The van der Waals surface area contributed by atoms with Gasteiger partial charge in [-0.1, -0.05) is 30.3 Å². The molecule has 0 amide bonds. The van der Waals surface area contributed by atoms with E-state index < -0.39 is 0 Å². The van der Waals surface area contributed by atoms with Crippen LogP contribution in [0.3, 0.4) is 0 Å². The van der Waals surface area contributed by atoms with Crippen LogP contribution in [0.2, 0.25) is 0 Å². The number of ketones is 1. The summed E-state index contributed by atoms with van der Waals surface area (Å²) in [6.07, 6.45) is 2.86. The van der Waals surface area contributed by atoms with Gasteiger partial charge >= 0.3 is 0 Å². The minimum absolute atomic E-state index is 0.103. The molecule has 3 heteroatoms. The Kier molecular flexibility index (Phi) is 6.48. The first-order valence-corrected chi connectivity index (χ1v) is 8.12. The van der Waals surface area contributed by atoms with Gasteiger partial charge in [0.2, 0.25) is 0 Å². The summed E-state index contributed by atoms with van der Waals surface area (Å²) in [5.74, 6) is -0.0833. The van der Waals surface area contributed by atoms with Crippen LogP contribution < -0.4 is 5.32 Å². The van der Waals surface area contributed by atoms with Gasteiger partial charge in [-0.05, 0) is 69.0 Å². The van der Waals surface area contributed by atoms with Crippen molar-refractivity contribution in [1.82, 2.24) is 5.32 Å². The van der Waals surface area contributed by atoms with Crippen LogP contribution in [-0.2, 0) is 12.8 Å². The Bertz CT molecular complexity index is 636. The number of nitrogens with one attached hydrogen (secondary N) is 1. The lowest BCUT2D eigenvalue weighted by Gasteiger charge is -2.14. The minimum Gasteiger partial charge on any atom is -0.314 e. The van der Waals surface area contributed by atoms with E-state index in [-0.39, 0.29) is 11.6 Å². The number of aryl methyl sites for hydroxylation is 1. The first-order valence-electron chi connectivity index (χ1n) is 8.12. The smallest absolute Gasteiger partial charge is 0.159 e. The van der Waals surface area contributed by atoms with Gasteiger partial charge in [0.05, 0.1) is 0 Å². The molecule has 0 spiro atoms. The van der Waals surface area contributed by atoms with Crippen molar-refractivity contribution in [3.63, 3.8) is 0 Å². The molecule has 0 aromatic heterocycles. The normalized spacial score (nSPS) is 12.1. The quantitative estimate of drug-likeness (QED) is 0.585. The molecule has 0 heterocycles. The fraction of sp³-hybridized carbons (Fsp3) is 0.350. The number of hydrogen-bond acceptors (Lipinski definition) is 2. The molecule has 0 radical (unpaired) electrons. The highest BCUT2D eigenvalue weighted by Gasteiger charge is 2.05. The number of benzene rings is 2. The zero-order chi connectivity index (χ0) is 16.7. The number of halogens is 1. The zero-order valence-electron chi connectivity index (χ0n) is 13.8. The van der Waals surface area contributed by atoms with E-state index in [4.69, 9.17) is 0 Å². The molecule has 1 N–H and O–H groups in total. The first-order chi connectivity index (χ1) is 11.0. The van der Waals surface area contributed by atoms with Gasteiger partial charge in [-0.25, -0.2) is 4.39 Å². The van der Waals surface area contributed by atoms with Crippen molar-refractivity contribution < 1.29 is 9.18 Å². The van der Waals surface area contributed by atoms with Crippen molar-refractivity contribution in [3.8, 4) is 0 Å². The standard InChI is InChI=1S/C20H24FNO/c1-15(13-18-5-3-7-19(14-18)16(2)23)22-12-4-6-17-8-10-20(21)11-9-17/h3,5,7-11,14-15,22H,4,6,12-13H2,1-2H3. The van der Waals surface area contributed by atoms with Gasteiger partial charge in [-0.2, -0.15) is 0 Å². The summed E-state index contributed by atoms with van der Waals surface area (Å²) in [5, 5.41) is 3.50. The third-order valence-corrected chi connectivity index (χ3v) is 3.92. The summed E-state index contributed by atoms with van der Waals surface area (Å²) in [6, 6.07) is 14.9. The second-order valence-corrected chi connectivity index (χ2v) is 6.05. The third kappa shape index (κ3) is 5.95. The van der Waals surface area contributed by atoms with E-state index in [2.05, 4.69) is 18.3 Å². The Morgan fingerprint density at radius 2 is 1.87 bits per heavy atom. The largest absolute Gasteiger partial charge is 0.314 e. The summed E-state index contributed by atoms with van der Waals surface area (Å²) in [5.41, 5.74) is 3.11. The van der Waals surface area contributed by atoms with Crippen LogP contribution in [0.4, 0.5) is 4.39 Å². The maximum Gasteiger partial charge on any atom is 0.159 e. The lowest BCUT2D eigenvalue weighted by atomic mass is 10.0. The monoisotopic (exact) mass is 313 g/mol. The molecule has 2 aromatic carbocycles. The highest BCUT2D eigenvalue weighted by atomic mass is 19.1. The summed E-state index contributed by atoms with van der Waals surface area (Å²) in [6.45, 7) is 4.67. The molecule has 2 aromatic rings. The highest BCUT2D eigenvalue weighted by Crippen LogP contribution is 2.09. The van der Waals surface area contributed by atoms with Gasteiger partial charge < -0.3 is 5.32 Å². The minimum atomic E-state index is -0.187. The summed E-state index contributed by atoms with van der Waals surface area (Å²) < 4.78 is 12.8. The topological polar surface area (TPSA) is 29.1 Å². The predicted molar refractivity (Wildman–Crippen MR) is 92.3 cm³/mol. The van der Waals surface area contributed by atoms with Crippen LogP contribution in [0.25, 0.3) is 0 Å². The second kappa shape index (κ2) is 8.59. The van der Waals surface area contributed by atoms with Crippen molar-refractivity contribution in [2.75, 3.05) is 6.54 Å². The molecule has 0 fully saturated rings. The van der Waals surface area contributed by atoms with Crippen LogP contribution in [0.15, 0.2) is 48.5 Å². The van der Waals surface area contributed by atoms with Crippen molar-refractivity contribution in [1.29, 1.82) is 0 Å². The Hall–Kier alpha value is -2.00. The van der Waals surface area contributed by atoms with E-state index in [1.54, 1.807) is 6.92 Å². The number of hydrogen-bond donors (Lipinski definition) is 1. The Morgan fingerprint density at radius 1 is 1.13 bits per heavy atom. The summed E-state index contributed by atoms with van der Waals surface area (Å²) in [7, 11) is 0. The maximum absolute atomic E-state index is 12.8. The van der Waals surface area contributed by atoms with Crippen molar-refractivity contribution in [2.24, 2.45) is 0 Å². The summed E-state index contributed by atoms with van der Waals surface area (Å²) >= 11 is 0. The van der Waals surface area contributed by atoms with E-state index in [1.807, 2.05) is 30.3 Å². The summed E-state index contributed by atoms with van der Waals surface area (Å²) in [4.78, 5) is 11.4. The molecule has 2 nitrogen and oxygen atoms in total. The average molecular weight is 313 g/mol. The number of rotatable bonds is 8. The molecule has 23 heavy (non-hydrogen) atoms. The van der Waals surface area contributed by atoms with Crippen LogP contribution >= 0.6 is 0 Å². The molecular formula is C20H24FNO. The first kappa shape index (κ1) is 17.4. The number of carbonyl (C=O) groups excluding carboxylic acids is 1. The maximum atomic E-state index is 12.8. The average Bonchev–Trinajstić information content (AvgIpc) is 2.53. The van der Waals surface area contributed by atoms with E-state index in [0.717, 1.165) is 36.9 Å². The van der Waals surface area contributed by atoms with Gasteiger partial charge in [0, 0.05) is 11.6 Å². The molecule has 0 aliphatic heterocycles. The van der Waals surface area contributed by atoms with E-state index in [0.29, 0.717) is 6.04 Å². The van der Waals surface area contributed by atoms with E-state index >= 15 is 0 Å². The number of Topliss-reactive ketones (excluding diaryl/α,β-unsaturated/α-hetero) is 1. The lowest BCUT2D eigenvalue weighted by Crippen LogP contribution is -2.29. The molecule has 0 saturated heterocycles. The molecular weight excluding hydrogens is 289 g/mol. The van der Waals surface area contributed by atoms with Gasteiger partial charge in [0.15, 0.2) is 5.78 Å². The Morgan fingerprint density at radius 3 is 2.57 bits per heavy atom. The Balaban J connectivity index is 1.72. The van der Waals surface area contributed by atoms with Crippen molar-refractivity contribution in [2.45, 2.75) is 39.2 Å². The SMILES string of the molecule is CC(=O)c1cccc(CC(C)NCCCc2ccc(F)cc2)c1. The second-order valence-electron chi connectivity index (χ2n) is 6.05. The molecule has 122 valence electrons. The molecule has 0 aliphatic rings. The molecule has 1 unspecified atom stereocenters. The molecule has 0 aliphatic carbocycles. The Labute approximate surface area is 137 Å². The molecule has 0 saturated carbocycles. The van der Waals surface area contributed by atoms with Crippen LogP contribution in [0.5, 0.6) is 0 Å². The van der Waals surface area contributed by atoms with Crippen molar-refractivity contribution >= 4 is 5.78 Å². The van der Waals surface area contributed by atoms with Crippen LogP contribution in [-0.4, -0.2) is 18.4 Å². The van der Waals surface area contributed by atoms with Gasteiger partial charge in [-0.3, -0.25) is 4.79 Å².